The molecular weight excluding hydrogens is 343 g/mol. The number of nitrogens with zero attached hydrogens (tertiary/aromatic N) is 1. The number of carbonyl (C=O) groups is 1. The molecule has 3 rings (SSSR count). The first kappa shape index (κ1) is 18.3. The van der Waals surface area contributed by atoms with E-state index in [-0.39, 0.29) is 29.8 Å². The number of piperidine rings is 1. The summed E-state index contributed by atoms with van der Waals surface area (Å²) in [4.78, 5) is 14.2. The van der Waals surface area contributed by atoms with E-state index in [4.69, 9.17) is 16.3 Å². The van der Waals surface area contributed by atoms with Crippen molar-refractivity contribution in [2.45, 2.75) is 58.1 Å². The van der Waals surface area contributed by atoms with Gasteiger partial charge >= 0.3 is 6.09 Å². The fraction of sp³-hybridized carbons (Fsp3) is 0.632. The fourth-order valence-electron chi connectivity index (χ4n) is 3.95. The standard InChI is InChI=1S/C19H26ClFN2O2/c1-11-15-14(21)8-7-13(20)17(15)22-16(11)12-6-5-9-23(10-12)18(24)25-19(2,3)4/h7-8,11-12,16,22H,5-6,9-10H2,1-4H3. The number of amides is 1. The molecule has 4 nitrogen and oxygen atoms in total. The molecule has 0 radical (unpaired) electrons. The molecule has 0 aromatic heterocycles. The molecule has 1 N–H and O–H groups in total. The van der Waals surface area contributed by atoms with Crippen molar-refractivity contribution in [3.05, 3.63) is 28.5 Å². The first-order valence-electron chi connectivity index (χ1n) is 8.89. The van der Waals surface area contributed by atoms with E-state index in [0.29, 0.717) is 29.4 Å². The second-order valence-corrected chi connectivity index (χ2v) is 8.51. The lowest BCUT2D eigenvalue weighted by molar-refractivity contribution is 0.0153. The van der Waals surface area contributed by atoms with Gasteiger partial charge in [-0.25, -0.2) is 9.18 Å². The number of hydrogen-bond acceptors (Lipinski definition) is 3. The lowest BCUT2D eigenvalue weighted by Crippen LogP contribution is -2.47. The second kappa shape index (κ2) is 6.67. The molecule has 138 valence electrons. The summed E-state index contributed by atoms with van der Waals surface area (Å²) in [5.74, 6) is 0.0260. The van der Waals surface area contributed by atoms with Crippen LogP contribution < -0.4 is 5.32 Å². The van der Waals surface area contributed by atoms with E-state index in [9.17, 15) is 9.18 Å². The largest absolute Gasteiger partial charge is 0.444 e. The molecule has 1 aromatic rings. The topological polar surface area (TPSA) is 41.6 Å². The maximum absolute atomic E-state index is 14.3. The lowest BCUT2D eigenvalue weighted by atomic mass is 9.83. The zero-order valence-corrected chi connectivity index (χ0v) is 16.0. The van der Waals surface area contributed by atoms with Crippen molar-refractivity contribution in [2.75, 3.05) is 18.4 Å². The summed E-state index contributed by atoms with van der Waals surface area (Å²) in [6, 6.07) is 3.08. The highest BCUT2D eigenvalue weighted by atomic mass is 35.5. The Balaban J connectivity index is 1.74. The molecule has 0 aliphatic carbocycles. The van der Waals surface area contributed by atoms with Crippen molar-refractivity contribution in [1.29, 1.82) is 0 Å². The normalized spacial score (nSPS) is 26.2. The molecule has 1 aromatic carbocycles. The number of hydrogen-bond donors (Lipinski definition) is 1. The van der Waals surface area contributed by atoms with Gasteiger partial charge in [0.25, 0.3) is 0 Å². The quantitative estimate of drug-likeness (QED) is 0.756. The summed E-state index contributed by atoms with van der Waals surface area (Å²) in [5.41, 5.74) is 0.857. The molecule has 3 atom stereocenters. The van der Waals surface area contributed by atoms with Gasteiger partial charge in [-0.3, -0.25) is 0 Å². The highest BCUT2D eigenvalue weighted by molar-refractivity contribution is 6.33. The third-order valence-electron chi connectivity index (χ3n) is 5.06. The Hall–Kier alpha value is -1.49. The Morgan fingerprint density at radius 3 is 2.76 bits per heavy atom. The van der Waals surface area contributed by atoms with E-state index < -0.39 is 5.60 Å². The predicted molar refractivity (Wildman–Crippen MR) is 97.8 cm³/mol. The van der Waals surface area contributed by atoms with Gasteiger partial charge in [-0.15, -0.1) is 0 Å². The highest BCUT2D eigenvalue weighted by Gasteiger charge is 2.40. The van der Waals surface area contributed by atoms with E-state index in [1.165, 1.54) is 6.07 Å². The first-order chi connectivity index (χ1) is 11.7. The number of halogens is 2. The molecule has 2 heterocycles. The number of benzene rings is 1. The molecule has 0 spiro atoms. The van der Waals surface area contributed by atoms with E-state index in [1.54, 1.807) is 11.0 Å². The minimum atomic E-state index is -0.504. The first-order valence-corrected chi connectivity index (χ1v) is 9.27. The number of anilines is 1. The van der Waals surface area contributed by atoms with Crippen LogP contribution in [0.15, 0.2) is 12.1 Å². The van der Waals surface area contributed by atoms with Gasteiger partial charge in [-0.1, -0.05) is 18.5 Å². The Kier molecular flexibility index (Phi) is 4.89. The van der Waals surface area contributed by atoms with Crippen LogP contribution in [-0.2, 0) is 4.74 Å². The van der Waals surface area contributed by atoms with Gasteiger partial charge in [0.2, 0.25) is 0 Å². The van der Waals surface area contributed by atoms with Crippen molar-refractivity contribution in [2.24, 2.45) is 5.92 Å². The highest BCUT2D eigenvalue weighted by Crippen LogP contribution is 2.45. The average molecular weight is 369 g/mol. The van der Waals surface area contributed by atoms with Crippen LogP contribution in [0.3, 0.4) is 0 Å². The molecule has 1 amide bonds. The fourth-order valence-corrected chi connectivity index (χ4v) is 4.17. The molecule has 2 aliphatic heterocycles. The minimum Gasteiger partial charge on any atom is -0.444 e. The predicted octanol–water partition coefficient (Wildman–Crippen LogP) is 5.02. The molecular formula is C19H26ClFN2O2. The van der Waals surface area contributed by atoms with Crippen LogP contribution in [0.2, 0.25) is 5.02 Å². The van der Waals surface area contributed by atoms with Crippen LogP contribution in [0.1, 0.15) is 52.0 Å². The second-order valence-electron chi connectivity index (χ2n) is 8.11. The van der Waals surface area contributed by atoms with E-state index in [0.717, 1.165) is 12.8 Å². The number of carbonyl (C=O) groups excluding carboxylic acids is 1. The van der Waals surface area contributed by atoms with Gasteiger partial charge in [0.15, 0.2) is 0 Å². The zero-order chi connectivity index (χ0) is 18.4. The Labute approximate surface area is 153 Å². The molecule has 0 bridgehead atoms. The molecule has 3 unspecified atom stereocenters. The number of nitrogens with one attached hydrogen (secondary N) is 1. The average Bonchev–Trinajstić information content (AvgIpc) is 2.88. The lowest BCUT2D eigenvalue weighted by Gasteiger charge is -2.37. The third-order valence-corrected chi connectivity index (χ3v) is 5.38. The van der Waals surface area contributed by atoms with Gasteiger partial charge < -0.3 is 15.0 Å². The Morgan fingerprint density at radius 2 is 2.12 bits per heavy atom. The summed E-state index contributed by atoms with van der Waals surface area (Å²) < 4.78 is 19.8. The summed E-state index contributed by atoms with van der Waals surface area (Å²) >= 11 is 6.25. The van der Waals surface area contributed by atoms with Crippen LogP contribution in [-0.4, -0.2) is 35.7 Å². The van der Waals surface area contributed by atoms with Crippen LogP contribution in [0.5, 0.6) is 0 Å². The SMILES string of the molecule is CC1c2c(F)ccc(Cl)c2NC1C1CCCN(C(=O)OC(C)(C)C)C1. The molecule has 25 heavy (non-hydrogen) atoms. The summed E-state index contributed by atoms with van der Waals surface area (Å²) in [6.45, 7) is 8.95. The van der Waals surface area contributed by atoms with Gasteiger partial charge in [-0.2, -0.15) is 0 Å². The Bertz CT molecular complexity index is 674. The van der Waals surface area contributed by atoms with Crippen molar-refractivity contribution >= 4 is 23.4 Å². The minimum absolute atomic E-state index is 0.0114. The molecule has 6 heteroatoms. The number of ether oxygens (including phenoxy) is 1. The molecule has 1 saturated heterocycles. The maximum atomic E-state index is 14.3. The number of rotatable bonds is 1. The van der Waals surface area contributed by atoms with Gasteiger partial charge in [0, 0.05) is 30.6 Å². The summed E-state index contributed by atoms with van der Waals surface area (Å²) in [5, 5.41) is 3.97. The molecule has 1 fully saturated rings. The van der Waals surface area contributed by atoms with Crippen LogP contribution >= 0.6 is 11.6 Å². The van der Waals surface area contributed by atoms with Crippen LogP contribution in [0, 0.1) is 11.7 Å². The van der Waals surface area contributed by atoms with Crippen LogP contribution in [0.4, 0.5) is 14.9 Å². The summed E-state index contributed by atoms with van der Waals surface area (Å²) in [7, 11) is 0. The molecule has 2 aliphatic rings. The zero-order valence-electron chi connectivity index (χ0n) is 15.2. The van der Waals surface area contributed by atoms with E-state index in [1.807, 2.05) is 27.7 Å². The van der Waals surface area contributed by atoms with Crippen molar-refractivity contribution in [1.82, 2.24) is 4.90 Å². The van der Waals surface area contributed by atoms with Crippen molar-refractivity contribution in [3.8, 4) is 0 Å². The molecule has 0 saturated carbocycles. The maximum Gasteiger partial charge on any atom is 0.410 e. The van der Waals surface area contributed by atoms with E-state index >= 15 is 0 Å². The van der Waals surface area contributed by atoms with Crippen LogP contribution in [0.25, 0.3) is 0 Å². The monoisotopic (exact) mass is 368 g/mol. The third kappa shape index (κ3) is 3.71. The Morgan fingerprint density at radius 1 is 1.40 bits per heavy atom. The van der Waals surface area contributed by atoms with Crippen molar-refractivity contribution in [3.63, 3.8) is 0 Å². The number of likely N-dealkylation sites (tertiary alicyclic amines) is 1. The summed E-state index contributed by atoms with van der Waals surface area (Å²) in [6.07, 6.45) is 1.64. The van der Waals surface area contributed by atoms with Gasteiger partial charge in [0.05, 0.1) is 10.7 Å². The van der Waals surface area contributed by atoms with Crippen molar-refractivity contribution < 1.29 is 13.9 Å². The van der Waals surface area contributed by atoms with E-state index in [2.05, 4.69) is 5.32 Å². The van der Waals surface area contributed by atoms with Gasteiger partial charge in [-0.05, 0) is 51.7 Å². The smallest absolute Gasteiger partial charge is 0.410 e. The number of fused-ring (bicyclic) bond motifs is 1. The van der Waals surface area contributed by atoms with Gasteiger partial charge in [0.1, 0.15) is 11.4 Å².